The normalized spacial score (nSPS) is 11.2. The van der Waals surface area contributed by atoms with E-state index in [0.717, 1.165) is 12.1 Å². The molecule has 0 aliphatic rings. The van der Waals surface area contributed by atoms with Crippen LogP contribution in [0.15, 0.2) is 83.9 Å². The van der Waals surface area contributed by atoms with Gasteiger partial charge >= 0.3 is 6.18 Å². The Morgan fingerprint density at radius 2 is 1.69 bits per heavy atom. The number of hydrogen-bond donors (Lipinski definition) is 2. The van der Waals surface area contributed by atoms with Crippen molar-refractivity contribution in [3.05, 3.63) is 96.2 Å². The maximum atomic E-state index is 13.6. The van der Waals surface area contributed by atoms with E-state index < -0.39 is 29.2 Å². The van der Waals surface area contributed by atoms with Gasteiger partial charge in [0.15, 0.2) is 0 Å². The molecule has 10 heteroatoms. The number of benzene rings is 2. The number of carbonyl (C=O) groups is 2. The van der Waals surface area contributed by atoms with E-state index in [9.17, 15) is 22.8 Å². The second kappa shape index (κ2) is 8.42. The van der Waals surface area contributed by atoms with E-state index in [-0.39, 0.29) is 16.8 Å². The van der Waals surface area contributed by atoms with Crippen molar-refractivity contribution >= 4 is 23.2 Å². The van der Waals surface area contributed by atoms with E-state index in [2.05, 4.69) is 15.7 Å². The number of carbonyl (C=O) groups excluding carboxylic acids is 2. The summed E-state index contributed by atoms with van der Waals surface area (Å²) in [5.74, 6) is -1.33. The molecule has 0 saturated heterocycles. The number of anilines is 2. The summed E-state index contributed by atoms with van der Waals surface area (Å²) in [7, 11) is 0. The van der Waals surface area contributed by atoms with Crippen molar-refractivity contribution in [2.24, 2.45) is 0 Å². The highest BCUT2D eigenvalue weighted by molar-refractivity contribution is 6.06. The maximum absolute atomic E-state index is 13.6. The van der Waals surface area contributed by atoms with Gasteiger partial charge in [-0.05, 0) is 54.6 Å². The first-order valence-corrected chi connectivity index (χ1v) is 9.27. The zero-order valence-corrected chi connectivity index (χ0v) is 16.3. The molecule has 162 valence electrons. The minimum atomic E-state index is -4.76. The van der Waals surface area contributed by atoms with Crippen molar-refractivity contribution in [2.45, 2.75) is 6.18 Å². The summed E-state index contributed by atoms with van der Waals surface area (Å²) in [4.78, 5) is 24.6. The van der Waals surface area contributed by atoms with Crippen LogP contribution in [0.2, 0.25) is 0 Å². The van der Waals surface area contributed by atoms with Gasteiger partial charge in [-0.1, -0.05) is 0 Å². The Balaban J connectivity index is 1.54. The summed E-state index contributed by atoms with van der Waals surface area (Å²) in [5, 5.41) is 8.72. The monoisotopic (exact) mass is 440 g/mol. The average molecular weight is 440 g/mol. The van der Waals surface area contributed by atoms with Gasteiger partial charge in [-0.3, -0.25) is 9.59 Å². The van der Waals surface area contributed by atoms with Crippen LogP contribution in [0.5, 0.6) is 0 Å². The number of alkyl halides is 3. The lowest BCUT2D eigenvalue weighted by atomic mass is 10.1. The quantitative estimate of drug-likeness (QED) is 0.458. The molecule has 2 aromatic carbocycles. The highest BCUT2D eigenvalue weighted by Crippen LogP contribution is 2.37. The van der Waals surface area contributed by atoms with Crippen LogP contribution in [0.4, 0.5) is 24.5 Å². The third kappa shape index (κ3) is 4.53. The van der Waals surface area contributed by atoms with E-state index in [1.54, 1.807) is 35.3 Å². The van der Waals surface area contributed by atoms with E-state index in [1.807, 2.05) is 0 Å². The summed E-state index contributed by atoms with van der Waals surface area (Å²) < 4.78 is 47.2. The molecule has 4 aromatic rings. The fraction of sp³-hybridized carbons (Fsp3) is 0.0455. The molecule has 0 bridgehead atoms. The van der Waals surface area contributed by atoms with Gasteiger partial charge in [0.2, 0.25) is 0 Å². The molecule has 0 aliphatic heterocycles. The van der Waals surface area contributed by atoms with Crippen LogP contribution in [0.25, 0.3) is 5.69 Å². The molecule has 2 N–H and O–H groups in total. The van der Waals surface area contributed by atoms with Gasteiger partial charge in [-0.2, -0.15) is 18.3 Å². The van der Waals surface area contributed by atoms with Gasteiger partial charge in [0.1, 0.15) is 6.26 Å². The van der Waals surface area contributed by atoms with Gasteiger partial charge in [-0.25, -0.2) is 4.68 Å². The molecule has 7 nitrogen and oxygen atoms in total. The number of nitrogens with zero attached hydrogens (tertiary/aromatic N) is 2. The fourth-order valence-electron chi connectivity index (χ4n) is 2.94. The Labute approximate surface area is 179 Å². The Kier molecular flexibility index (Phi) is 5.50. The Bertz CT molecular complexity index is 1230. The molecule has 0 aliphatic carbocycles. The maximum Gasteiger partial charge on any atom is 0.418 e. The molecule has 0 radical (unpaired) electrons. The topological polar surface area (TPSA) is 89.2 Å². The molecular weight excluding hydrogens is 425 g/mol. The molecule has 32 heavy (non-hydrogen) atoms. The number of aromatic nitrogens is 2. The van der Waals surface area contributed by atoms with E-state index in [4.69, 9.17) is 4.42 Å². The van der Waals surface area contributed by atoms with E-state index in [0.29, 0.717) is 5.69 Å². The smallest absolute Gasteiger partial charge is 0.418 e. The highest BCUT2D eigenvalue weighted by Gasteiger charge is 2.34. The van der Waals surface area contributed by atoms with Crippen molar-refractivity contribution in [3.63, 3.8) is 0 Å². The predicted molar refractivity (Wildman–Crippen MR) is 110 cm³/mol. The number of hydrogen-bond acceptors (Lipinski definition) is 4. The zero-order valence-electron chi connectivity index (χ0n) is 16.3. The van der Waals surface area contributed by atoms with Crippen LogP contribution in [0.3, 0.4) is 0 Å². The van der Waals surface area contributed by atoms with Crippen molar-refractivity contribution in [1.29, 1.82) is 0 Å². The standard InChI is InChI=1S/C22H15F3N4O3/c23-22(24,25)18-12-16(27-21(31)15-8-11-32-13-15)4-7-19(18)28-20(30)14-2-5-17(6-3-14)29-10-1-9-26-29/h1-13H,(H,27,31)(H,28,30). The first-order valence-electron chi connectivity index (χ1n) is 9.27. The van der Waals surface area contributed by atoms with Gasteiger partial charge < -0.3 is 15.1 Å². The van der Waals surface area contributed by atoms with Crippen molar-refractivity contribution in [3.8, 4) is 5.69 Å². The van der Waals surface area contributed by atoms with Gasteiger partial charge in [-0.15, -0.1) is 0 Å². The first-order chi connectivity index (χ1) is 15.3. The molecule has 2 aromatic heterocycles. The molecule has 0 spiro atoms. The summed E-state index contributed by atoms with van der Waals surface area (Å²) in [5.41, 5.74) is -0.574. The minimum Gasteiger partial charge on any atom is -0.472 e. The molecule has 0 fully saturated rings. The van der Waals surface area contributed by atoms with Crippen LogP contribution < -0.4 is 10.6 Å². The molecule has 0 unspecified atom stereocenters. The lowest BCUT2D eigenvalue weighted by Crippen LogP contribution is -2.18. The van der Waals surface area contributed by atoms with Crippen LogP contribution >= 0.6 is 0 Å². The lowest BCUT2D eigenvalue weighted by molar-refractivity contribution is -0.136. The lowest BCUT2D eigenvalue weighted by Gasteiger charge is -2.16. The summed E-state index contributed by atoms with van der Waals surface area (Å²) >= 11 is 0. The molecular formula is C22H15F3N4O3. The van der Waals surface area contributed by atoms with Gasteiger partial charge in [0.25, 0.3) is 11.8 Å². The molecule has 2 heterocycles. The number of rotatable bonds is 5. The van der Waals surface area contributed by atoms with Crippen LogP contribution in [-0.2, 0) is 6.18 Å². The Morgan fingerprint density at radius 1 is 0.938 bits per heavy atom. The van der Waals surface area contributed by atoms with Crippen molar-refractivity contribution < 1.29 is 27.2 Å². The van der Waals surface area contributed by atoms with Crippen molar-refractivity contribution in [1.82, 2.24) is 9.78 Å². The van der Waals surface area contributed by atoms with Gasteiger partial charge in [0, 0.05) is 23.6 Å². The number of halogens is 3. The predicted octanol–water partition coefficient (Wildman–Crippen LogP) is 4.99. The molecule has 0 atom stereocenters. The largest absolute Gasteiger partial charge is 0.472 e. The number of nitrogens with one attached hydrogen (secondary N) is 2. The van der Waals surface area contributed by atoms with Gasteiger partial charge in [0.05, 0.1) is 28.8 Å². The van der Waals surface area contributed by atoms with Crippen molar-refractivity contribution in [2.75, 3.05) is 10.6 Å². The summed E-state index contributed by atoms with van der Waals surface area (Å²) in [6, 6.07) is 12.5. The van der Waals surface area contributed by atoms with E-state index >= 15 is 0 Å². The Morgan fingerprint density at radius 3 is 2.31 bits per heavy atom. The summed E-state index contributed by atoms with van der Waals surface area (Å²) in [6.45, 7) is 0. The van der Waals surface area contributed by atoms with E-state index in [1.165, 1.54) is 36.8 Å². The SMILES string of the molecule is O=C(Nc1ccc(NC(=O)c2ccc(-n3cccn3)cc2)c(C(F)(F)F)c1)c1ccoc1. The highest BCUT2D eigenvalue weighted by atomic mass is 19.4. The molecule has 0 saturated carbocycles. The third-order valence-electron chi connectivity index (χ3n) is 4.51. The summed E-state index contributed by atoms with van der Waals surface area (Å²) in [6.07, 6.45) is 1.00. The Hall–Kier alpha value is -4.34. The first kappa shape index (κ1) is 20.9. The second-order valence-electron chi connectivity index (χ2n) is 6.68. The number of furan rings is 1. The second-order valence-corrected chi connectivity index (χ2v) is 6.68. The van der Waals surface area contributed by atoms with Crippen LogP contribution in [0, 0.1) is 0 Å². The fourth-order valence-corrected chi connectivity index (χ4v) is 2.94. The number of amides is 2. The zero-order chi connectivity index (χ0) is 22.7. The minimum absolute atomic E-state index is 0.0786. The molecule has 4 rings (SSSR count). The average Bonchev–Trinajstić information content (AvgIpc) is 3.48. The molecule has 2 amide bonds. The van der Waals surface area contributed by atoms with Crippen LogP contribution in [-0.4, -0.2) is 21.6 Å². The third-order valence-corrected chi connectivity index (χ3v) is 4.51. The van der Waals surface area contributed by atoms with Crippen LogP contribution in [0.1, 0.15) is 26.3 Å².